The van der Waals surface area contributed by atoms with Gasteiger partial charge in [-0.15, -0.1) is 10.2 Å². The Kier molecular flexibility index (Phi) is 7.29. The summed E-state index contributed by atoms with van der Waals surface area (Å²) >= 11 is 0. The van der Waals surface area contributed by atoms with Crippen molar-refractivity contribution in [3.8, 4) is 0 Å². The number of piperidine rings is 1. The second kappa shape index (κ2) is 10.5. The van der Waals surface area contributed by atoms with E-state index in [2.05, 4.69) is 15.5 Å². The normalized spacial score (nSPS) is 22.6. The van der Waals surface area contributed by atoms with Gasteiger partial charge in [0.05, 0.1) is 0 Å². The number of benzene rings is 1. The number of hydrogen-bond acceptors (Lipinski definition) is 5. The fourth-order valence-electron chi connectivity index (χ4n) is 5.81. The molecule has 0 saturated carbocycles. The van der Waals surface area contributed by atoms with Crippen molar-refractivity contribution in [1.82, 2.24) is 29.9 Å². The Labute approximate surface area is 220 Å². The molecule has 9 nitrogen and oxygen atoms in total. The summed E-state index contributed by atoms with van der Waals surface area (Å²) in [5, 5.41) is 10.0. The van der Waals surface area contributed by atoms with Gasteiger partial charge in [-0.2, -0.15) is 13.2 Å². The van der Waals surface area contributed by atoms with Crippen LogP contribution in [0.15, 0.2) is 18.2 Å². The Morgan fingerprint density at radius 2 is 1.79 bits per heavy atom. The number of aromatic nitrogens is 3. The maximum Gasteiger partial charge on any atom is 0.396 e. The minimum atomic E-state index is -4.55. The molecule has 0 unspecified atom stereocenters. The summed E-state index contributed by atoms with van der Waals surface area (Å²) in [6, 6.07) is 3.14. The van der Waals surface area contributed by atoms with Gasteiger partial charge in [-0.25, -0.2) is 13.6 Å². The first-order valence-corrected chi connectivity index (χ1v) is 12.8. The zero-order chi connectivity index (χ0) is 27.9. The van der Waals surface area contributed by atoms with Crippen LogP contribution in [0.4, 0.5) is 26.7 Å². The standard InChI is InChI=1S/C25H27F5N6O3/c26-18-3-1-2-17(22(18)27)15-5-4-14(23-33-32-19(36(23)12-15)11-25(28,29)30)10-21(38)34-8-6-16(7-9-34)35-13-20(37)31-24(35)39/h1-3,14-16H,4-13H2,(H,31,37,39)/t14-,15-/m1/s1. The van der Waals surface area contributed by atoms with Gasteiger partial charge in [-0.1, -0.05) is 12.1 Å². The molecular formula is C25H27F5N6O3. The van der Waals surface area contributed by atoms with Gasteiger partial charge < -0.3 is 14.4 Å². The highest BCUT2D eigenvalue weighted by molar-refractivity contribution is 6.02. The molecule has 0 radical (unpaired) electrons. The molecule has 210 valence electrons. The molecule has 5 rings (SSSR count). The molecule has 2 fully saturated rings. The van der Waals surface area contributed by atoms with Crippen LogP contribution in [0.25, 0.3) is 0 Å². The van der Waals surface area contributed by atoms with E-state index in [1.165, 1.54) is 21.6 Å². The fraction of sp³-hybridized carbons (Fsp3) is 0.560. The first-order valence-electron chi connectivity index (χ1n) is 12.8. The van der Waals surface area contributed by atoms with Crippen LogP contribution in [-0.4, -0.2) is 74.3 Å². The Balaban J connectivity index is 1.32. The van der Waals surface area contributed by atoms with E-state index >= 15 is 0 Å². The van der Waals surface area contributed by atoms with Crippen molar-refractivity contribution in [2.24, 2.45) is 0 Å². The predicted molar refractivity (Wildman–Crippen MR) is 125 cm³/mol. The highest BCUT2D eigenvalue weighted by atomic mass is 19.4. The topological polar surface area (TPSA) is 100 Å². The second-order valence-corrected chi connectivity index (χ2v) is 10.3. The number of amides is 4. The minimum absolute atomic E-state index is 0.0114. The molecule has 1 aromatic carbocycles. The maximum atomic E-state index is 14.6. The van der Waals surface area contributed by atoms with E-state index in [0.717, 1.165) is 6.07 Å². The quantitative estimate of drug-likeness (QED) is 0.452. The van der Waals surface area contributed by atoms with Crippen LogP contribution in [0.1, 0.15) is 61.2 Å². The Hall–Kier alpha value is -3.58. The van der Waals surface area contributed by atoms with Gasteiger partial charge in [0.25, 0.3) is 0 Å². The van der Waals surface area contributed by atoms with E-state index in [1.807, 2.05) is 0 Å². The summed E-state index contributed by atoms with van der Waals surface area (Å²) in [5.41, 5.74) is 0.0612. The first kappa shape index (κ1) is 27.0. The lowest BCUT2D eigenvalue weighted by atomic mass is 9.89. The number of halogens is 5. The third-order valence-corrected chi connectivity index (χ3v) is 7.77. The zero-order valence-corrected chi connectivity index (χ0v) is 20.9. The smallest absolute Gasteiger partial charge is 0.343 e. The first-order chi connectivity index (χ1) is 18.5. The number of rotatable bonds is 5. The molecule has 4 amide bonds. The van der Waals surface area contributed by atoms with Crippen molar-refractivity contribution in [3.05, 3.63) is 47.0 Å². The van der Waals surface area contributed by atoms with Crippen LogP contribution in [0.5, 0.6) is 0 Å². The highest BCUT2D eigenvalue weighted by Gasteiger charge is 2.38. The van der Waals surface area contributed by atoms with Crippen molar-refractivity contribution in [3.63, 3.8) is 0 Å². The lowest BCUT2D eigenvalue weighted by Gasteiger charge is -2.36. The van der Waals surface area contributed by atoms with Gasteiger partial charge in [0.15, 0.2) is 11.6 Å². The third-order valence-electron chi connectivity index (χ3n) is 7.77. The average molecular weight is 555 g/mol. The van der Waals surface area contributed by atoms with Crippen molar-refractivity contribution in [2.45, 2.75) is 69.1 Å². The number of likely N-dealkylation sites (tertiary alicyclic amines) is 1. The molecule has 2 saturated heterocycles. The van der Waals surface area contributed by atoms with Crippen LogP contribution < -0.4 is 5.32 Å². The van der Waals surface area contributed by atoms with Crippen molar-refractivity contribution in [2.75, 3.05) is 19.6 Å². The summed E-state index contributed by atoms with van der Waals surface area (Å²) in [5.74, 6) is -3.97. The number of hydrogen-bond donors (Lipinski definition) is 1. The molecule has 3 aliphatic rings. The van der Waals surface area contributed by atoms with Crippen LogP contribution in [0.2, 0.25) is 0 Å². The molecule has 0 bridgehead atoms. The summed E-state index contributed by atoms with van der Waals surface area (Å²) < 4.78 is 69.7. The van der Waals surface area contributed by atoms with Crippen LogP contribution in [0.3, 0.4) is 0 Å². The zero-order valence-electron chi connectivity index (χ0n) is 20.9. The number of nitrogens with zero attached hydrogens (tertiary/aromatic N) is 5. The number of carbonyl (C=O) groups is 3. The van der Waals surface area contributed by atoms with Crippen LogP contribution >= 0.6 is 0 Å². The molecule has 2 aromatic rings. The van der Waals surface area contributed by atoms with Gasteiger partial charge in [0.1, 0.15) is 24.6 Å². The number of carbonyl (C=O) groups excluding carboxylic acids is 3. The largest absolute Gasteiger partial charge is 0.396 e. The Bertz CT molecular complexity index is 1270. The highest BCUT2D eigenvalue weighted by Crippen LogP contribution is 2.38. The summed E-state index contributed by atoms with van der Waals surface area (Å²) in [4.78, 5) is 39.8. The van der Waals surface area contributed by atoms with Gasteiger partial charge in [-0.05, 0) is 37.3 Å². The van der Waals surface area contributed by atoms with Crippen LogP contribution in [0, 0.1) is 11.6 Å². The summed E-state index contributed by atoms with van der Waals surface area (Å²) in [6.45, 7) is 0.637. The lowest BCUT2D eigenvalue weighted by molar-refractivity contribution is -0.133. The minimum Gasteiger partial charge on any atom is -0.343 e. The monoisotopic (exact) mass is 554 g/mol. The van der Waals surface area contributed by atoms with E-state index < -0.39 is 42.1 Å². The second-order valence-electron chi connectivity index (χ2n) is 10.3. The number of fused-ring (bicyclic) bond motifs is 1. The molecule has 2 atom stereocenters. The van der Waals surface area contributed by atoms with E-state index in [0.29, 0.717) is 38.8 Å². The third kappa shape index (κ3) is 5.74. The molecule has 3 aliphatic heterocycles. The van der Waals surface area contributed by atoms with Crippen molar-refractivity contribution in [1.29, 1.82) is 0 Å². The Morgan fingerprint density at radius 1 is 1.05 bits per heavy atom. The Morgan fingerprint density at radius 3 is 2.46 bits per heavy atom. The molecule has 0 aliphatic carbocycles. The number of urea groups is 1. The number of alkyl halides is 3. The van der Waals surface area contributed by atoms with Crippen molar-refractivity contribution >= 4 is 17.8 Å². The molecular weight excluding hydrogens is 527 g/mol. The molecule has 39 heavy (non-hydrogen) atoms. The van der Waals surface area contributed by atoms with Gasteiger partial charge >= 0.3 is 12.2 Å². The van der Waals surface area contributed by atoms with E-state index in [-0.39, 0.29) is 54.6 Å². The SMILES string of the molecule is O=C1CN(C2CCN(C(=O)C[C@H]3CC[C@@H](c4cccc(F)c4F)Cn4c(CC(F)(F)F)nnc43)CC2)C(=O)N1. The molecule has 1 N–H and O–H groups in total. The fourth-order valence-corrected chi connectivity index (χ4v) is 5.81. The maximum absolute atomic E-state index is 14.6. The van der Waals surface area contributed by atoms with Gasteiger partial charge in [0.2, 0.25) is 11.8 Å². The molecule has 0 spiro atoms. The molecule has 4 heterocycles. The predicted octanol–water partition coefficient (Wildman–Crippen LogP) is 3.26. The average Bonchev–Trinajstić information content (AvgIpc) is 3.36. The van der Waals surface area contributed by atoms with E-state index in [4.69, 9.17) is 0 Å². The van der Waals surface area contributed by atoms with E-state index in [1.54, 1.807) is 4.90 Å². The lowest BCUT2D eigenvalue weighted by Crippen LogP contribution is -2.47. The number of nitrogens with one attached hydrogen (secondary N) is 1. The molecule has 14 heteroatoms. The number of imide groups is 1. The van der Waals surface area contributed by atoms with E-state index in [9.17, 15) is 36.3 Å². The molecule has 1 aromatic heterocycles. The van der Waals surface area contributed by atoms with Gasteiger partial charge in [0, 0.05) is 43.9 Å². The van der Waals surface area contributed by atoms with Gasteiger partial charge in [-0.3, -0.25) is 14.9 Å². The summed E-state index contributed by atoms with van der Waals surface area (Å²) in [6.07, 6.45) is -4.30. The summed E-state index contributed by atoms with van der Waals surface area (Å²) in [7, 11) is 0. The van der Waals surface area contributed by atoms with Crippen LogP contribution in [-0.2, 0) is 22.6 Å². The van der Waals surface area contributed by atoms with Crippen molar-refractivity contribution < 1.29 is 36.3 Å².